The molecule has 2 heterocycles. The van der Waals surface area contributed by atoms with E-state index in [4.69, 9.17) is 16.3 Å². The van der Waals surface area contributed by atoms with Gasteiger partial charge in [0.2, 0.25) is 11.9 Å². The number of benzene rings is 2. The Bertz CT molecular complexity index is 1440. The molecule has 218 valence electrons. The number of anilines is 6. The molecule has 2 aromatic carbocycles. The maximum absolute atomic E-state index is 14.2. The highest BCUT2D eigenvalue weighted by Crippen LogP contribution is 2.40. The second kappa shape index (κ2) is 12.3. The van der Waals surface area contributed by atoms with Crippen LogP contribution in [0.25, 0.3) is 0 Å². The van der Waals surface area contributed by atoms with Crippen LogP contribution in [0.4, 0.5) is 38.9 Å². The number of methoxy groups -OCH3 is 1. The van der Waals surface area contributed by atoms with Crippen LogP contribution in [-0.2, 0) is 10.4 Å². The van der Waals surface area contributed by atoms with Gasteiger partial charge in [0.1, 0.15) is 17.4 Å². The van der Waals surface area contributed by atoms with Crippen LogP contribution in [0.3, 0.4) is 0 Å². The van der Waals surface area contributed by atoms with E-state index in [9.17, 15) is 14.3 Å². The molecule has 4 rings (SSSR count). The zero-order valence-corrected chi connectivity index (χ0v) is 24.5. The molecule has 1 saturated heterocycles. The minimum absolute atomic E-state index is 0.0956. The van der Waals surface area contributed by atoms with E-state index in [1.54, 1.807) is 39.3 Å². The Labute approximate surface area is 244 Å². The molecule has 12 heteroatoms. The zero-order valence-electron chi connectivity index (χ0n) is 23.8. The van der Waals surface area contributed by atoms with E-state index in [-0.39, 0.29) is 16.9 Å². The number of ether oxygens (including phenoxy) is 1. The van der Waals surface area contributed by atoms with Crippen molar-refractivity contribution in [3.8, 4) is 5.75 Å². The van der Waals surface area contributed by atoms with E-state index in [0.717, 1.165) is 25.2 Å². The van der Waals surface area contributed by atoms with Crippen LogP contribution in [0.2, 0.25) is 5.02 Å². The van der Waals surface area contributed by atoms with Crippen molar-refractivity contribution < 1.29 is 19.0 Å². The number of nitrogens with zero attached hydrogens (tertiary/aromatic N) is 4. The number of carbonyl (C=O) groups excluding carboxylic acids is 1. The van der Waals surface area contributed by atoms with Crippen LogP contribution in [0.15, 0.2) is 49.2 Å². The molecule has 0 spiro atoms. The first kappa shape index (κ1) is 30.0. The number of hydrogen-bond acceptors (Lipinski definition) is 9. The standard InChI is InChI=1S/C29H35ClFN7O3/c1-7-27(39)34-22-14-23(25(41-6)15-24(22)38-11-9-17(16-38)37(4)5)35-28-32-10-8-26(36-28)33-21-13-19(30)20(31)12-18(21)29(2,3)40/h7-8,10,12-15,17,40H,1,9,11,16H2,2-6H3,(H,34,39)(H2,32,33,35,36). The molecule has 0 aliphatic carbocycles. The van der Waals surface area contributed by atoms with Gasteiger partial charge in [0.15, 0.2) is 0 Å². The summed E-state index contributed by atoms with van der Waals surface area (Å²) in [6.07, 6.45) is 3.75. The van der Waals surface area contributed by atoms with Gasteiger partial charge in [-0.25, -0.2) is 9.37 Å². The second-order valence-corrected chi connectivity index (χ2v) is 10.9. The molecule has 0 bridgehead atoms. The summed E-state index contributed by atoms with van der Waals surface area (Å²) in [7, 11) is 5.68. The highest BCUT2D eigenvalue weighted by Gasteiger charge is 2.27. The molecule has 3 aromatic rings. The van der Waals surface area contributed by atoms with Crippen LogP contribution in [0, 0.1) is 5.82 Å². The number of aromatic nitrogens is 2. The van der Waals surface area contributed by atoms with Gasteiger partial charge in [0.05, 0.1) is 34.8 Å². The lowest BCUT2D eigenvalue weighted by Gasteiger charge is -2.25. The molecule has 1 aliphatic rings. The molecule has 1 atom stereocenters. The van der Waals surface area contributed by atoms with Crippen molar-refractivity contribution in [2.45, 2.75) is 31.9 Å². The lowest BCUT2D eigenvalue weighted by Crippen LogP contribution is -2.31. The smallest absolute Gasteiger partial charge is 0.247 e. The molecule has 1 aliphatic heterocycles. The Morgan fingerprint density at radius 2 is 2.00 bits per heavy atom. The van der Waals surface area contributed by atoms with Gasteiger partial charge in [-0.3, -0.25) is 4.79 Å². The third kappa shape index (κ3) is 7.05. The van der Waals surface area contributed by atoms with Crippen LogP contribution < -0.4 is 25.6 Å². The highest BCUT2D eigenvalue weighted by atomic mass is 35.5. The predicted octanol–water partition coefficient (Wildman–Crippen LogP) is 5.26. The molecule has 1 unspecified atom stereocenters. The normalized spacial score (nSPS) is 15.1. The van der Waals surface area contributed by atoms with E-state index >= 15 is 0 Å². The van der Waals surface area contributed by atoms with E-state index in [0.29, 0.717) is 40.2 Å². The quantitative estimate of drug-likeness (QED) is 0.237. The van der Waals surface area contributed by atoms with Gasteiger partial charge in [0.25, 0.3) is 0 Å². The summed E-state index contributed by atoms with van der Waals surface area (Å²) in [5.41, 5.74) is 1.30. The fourth-order valence-corrected chi connectivity index (χ4v) is 4.83. The number of aliphatic hydroxyl groups is 1. The molecular formula is C29H35ClFN7O3. The first-order chi connectivity index (χ1) is 19.4. The highest BCUT2D eigenvalue weighted by molar-refractivity contribution is 6.31. The zero-order chi connectivity index (χ0) is 29.9. The van der Waals surface area contributed by atoms with Crippen molar-refractivity contribution in [3.63, 3.8) is 0 Å². The van der Waals surface area contributed by atoms with E-state index in [2.05, 4.69) is 56.4 Å². The van der Waals surface area contributed by atoms with Gasteiger partial charge >= 0.3 is 0 Å². The molecule has 1 aromatic heterocycles. The number of hydrogen-bond donors (Lipinski definition) is 4. The maximum Gasteiger partial charge on any atom is 0.247 e. The Morgan fingerprint density at radius 1 is 1.24 bits per heavy atom. The summed E-state index contributed by atoms with van der Waals surface area (Å²) in [4.78, 5) is 25.6. The summed E-state index contributed by atoms with van der Waals surface area (Å²) in [6, 6.07) is 8.25. The number of nitrogens with one attached hydrogen (secondary N) is 3. The van der Waals surface area contributed by atoms with Crippen LogP contribution in [0.1, 0.15) is 25.8 Å². The summed E-state index contributed by atoms with van der Waals surface area (Å²) >= 11 is 6.02. The van der Waals surface area contributed by atoms with Gasteiger partial charge in [-0.05, 0) is 64.7 Å². The van der Waals surface area contributed by atoms with Crippen LogP contribution in [-0.4, -0.2) is 66.2 Å². The second-order valence-electron chi connectivity index (χ2n) is 10.5. The average Bonchev–Trinajstić information content (AvgIpc) is 3.41. The summed E-state index contributed by atoms with van der Waals surface area (Å²) < 4.78 is 19.9. The Kier molecular flexibility index (Phi) is 9.01. The molecular weight excluding hydrogens is 549 g/mol. The molecule has 41 heavy (non-hydrogen) atoms. The third-order valence-electron chi connectivity index (χ3n) is 6.88. The number of halogens is 2. The van der Waals surface area contributed by atoms with Crippen molar-refractivity contribution in [2.75, 3.05) is 55.1 Å². The molecule has 0 radical (unpaired) electrons. The lowest BCUT2D eigenvalue weighted by molar-refractivity contribution is -0.111. The minimum Gasteiger partial charge on any atom is -0.494 e. The topological polar surface area (TPSA) is 115 Å². The predicted molar refractivity (Wildman–Crippen MR) is 161 cm³/mol. The summed E-state index contributed by atoms with van der Waals surface area (Å²) in [5.74, 6) is 0.155. The van der Waals surface area contributed by atoms with Gasteiger partial charge in [0, 0.05) is 42.6 Å². The molecule has 0 saturated carbocycles. The minimum atomic E-state index is -1.34. The molecule has 4 N–H and O–H groups in total. The van der Waals surface area contributed by atoms with E-state index < -0.39 is 11.4 Å². The SMILES string of the molecule is C=CC(=O)Nc1cc(Nc2nccc(Nc3cc(Cl)c(F)cc3C(C)(C)O)n2)c(OC)cc1N1CCC(N(C)C)C1. The van der Waals surface area contributed by atoms with Crippen molar-refractivity contribution in [1.29, 1.82) is 0 Å². The van der Waals surface area contributed by atoms with Crippen LogP contribution >= 0.6 is 11.6 Å². The van der Waals surface area contributed by atoms with Crippen molar-refractivity contribution in [1.82, 2.24) is 14.9 Å². The largest absolute Gasteiger partial charge is 0.494 e. The van der Waals surface area contributed by atoms with Crippen molar-refractivity contribution in [2.24, 2.45) is 0 Å². The number of rotatable bonds is 10. The molecule has 10 nitrogen and oxygen atoms in total. The number of carbonyl (C=O) groups is 1. The van der Waals surface area contributed by atoms with Crippen molar-refractivity contribution in [3.05, 3.63) is 65.6 Å². The average molecular weight is 584 g/mol. The van der Waals surface area contributed by atoms with Gasteiger partial charge in [-0.1, -0.05) is 18.2 Å². The van der Waals surface area contributed by atoms with Gasteiger partial charge in [-0.2, -0.15) is 4.98 Å². The Morgan fingerprint density at radius 3 is 2.63 bits per heavy atom. The van der Waals surface area contributed by atoms with Crippen molar-refractivity contribution >= 4 is 52.0 Å². The van der Waals surface area contributed by atoms with Crippen LogP contribution in [0.5, 0.6) is 5.75 Å². The Balaban J connectivity index is 1.66. The monoisotopic (exact) mass is 583 g/mol. The van der Waals surface area contributed by atoms with Gasteiger partial charge < -0.3 is 35.6 Å². The maximum atomic E-state index is 14.2. The molecule has 1 amide bonds. The fourth-order valence-electron chi connectivity index (χ4n) is 4.67. The third-order valence-corrected chi connectivity index (χ3v) is 7.17. The van der Waals surface area contributed by atoms with E-state index in [1.165, 1.54) is 18.2 Å². The first-order valence-electron chi connectivity index (χ1n) is 13.1. The fraction of sp³-hybridized carbons (Fsp3) is 0.345. The summed E-state index contributed by atoms with van der Waals surface area (Å²) in [6.45, 7) is 8.30. The number of amides is 1. The molecule has 1 fully saturated rings. The summed E-state index contributed by atoms with van der Waals surface area (Å²) in [5, 5.41) is 19.6. The van der Waals surface area contributed by atoms with E-state index in [1.807, 2.05) is 6.07 Å². The Hall–Kier alpha value is -3.93. The van der Waals surface area contributed by atoms with Gasteiger partial charge in [-0.15, -0.1) is 0 Å². The number of likely N-dealkylation sites (N-methyl/N-ethyl adjacent to an activating group) is 1. The first-order valence-corrected chi connectivity index (χ1v) is 13.4. The lowest BCUT2D eigenvalue weighted by atomic mass is 9.96.